The lowest BCUT2D eigenvalue weighted by atomic mass is 10.0. The first-order chi connectivity index (χ1) is 18.9. The monoisotopic (exact) mass is 535 g/mol. The fraction of sp³-hybridized carbons (Fsp3) is 0.0667. The highest BCUT2D eigenvalue weighted by Gasteiger charge is 2.21. The van der Waals surface area contributed by atoms with Gasteiger partial charge in [0.1, 0.15) is 10.6 Å². The normalized spacial score (nSPS) is 11.6. The summed E-state index contributed by atoms with van der Waals surface area (Å²) in [4.78, 5) is 27.7. The molecule has 39 heavy (non-hydrogen) atoms. The number of aromatic nitrogens is 3. The number of benzene rings is 2. The van der Waals surface area contributed by atoms with Gasteiger partial charge < -0.3 is 4.40 Å². The molecule has 1 amide bonds. The standard InChI is InChI=1S/C30H22FN5O2S/c1-18-24(25-10-6-7-15-35(25)27(18)28(37)20-11-13-21(31)14-12-20)17-32-33-29(38)26-16-23-19(2)34-36(30(23)39-26)22-8-4-3-5-9-22/h3-17H,1-2H3,(H,33,38)/b32-17-. The predicted octanol–water partition coefficient (Wildman–Crippen LogP) is 6.09. The van der Waals surface area contributed by atoms with E-state index < -0.39 is 5.82 Å². The maximum atomic E-state index is 13.4. The van der Waals surface area contributed by atoms with Gasteiger partial charge in [0.15, 0.2) is 0 Å². The van der Waals surface area contributed by atoms with Gasteiger partial charge in [-0.2, -0.15) is 10.2 Å². The number of amides is 1. The van der Waals surface area contributed by atoms with E-state index in [1.165, 1.54) is 35.6 Å². The Balaban J connectivity index is 1.29. The summed E-state index contributed by atoms with van der Waals surface area (Å²) >= 11 is 1.35. The summed E-state index contributed by atoms with van der Waals surface area (Å²) in [5.74, 6) is -0.973. The second kappa shape index (κ2) is 9.77. The van der Waals surface area contributed by atoms with E-state index in [1.807, 2.05) is 73.1 Å². The van der Waals surface area contributed by atoms with E-state index in [0.29, 0.717) is 27.3 Å². The van der Waals surface area contributed by atoms with Crippen LogP contribution >= 0.6 is 11.3 Å². The van der Waals surface area contributed by atoms with Crippen LogP contribution in [0.4, 0.5) is 4.39 Å². The Bertz CT molecular complexity index is 1900. The minimum Gasteiger partial charge on any atom is -0.313 e. The van der Waals surface area contributed by atoms with Gasteiger partial charge in [0.25, 0.3) is 5.91 Å². The summed E-state index contributed by atoms with van der Waals surface area (Å²) in [5.41, 5.74) is 7.38. The molecule has 0 aliphatic carbocycles. The highest BCUT2D eigenvalue weighted by atomic mass is 32.1. The number of nitrogens with zero attached hydrogens (tertiary/aromatic N) is 4. The van der Waals surface area contributed by atoms with Crippen LogP contribution in [0.5, 0.6) is 0 Å². The van der Waals surface area contributed by atoms with Gasteiger partial charge in [-0.25, -0.2) is 14.5 Å². The first-order valence-electron chi connectivity index (χ1n) is 12.2. The number of fused-ring (bicyclic) bond motifs is 2. The van der Waals surface area contributed by atoms with Gasteiger partial charge >= 0.3 is 0 Å². The van der Waals surface area contributed by atoms with Crippen LogP contribution in [0.2, 0.25) is 0 Å². The van der Waals surface area contributed by atoms with Gasteiger partial charge in [-0.15, -0.1) is 11.3 Å². The highest BCUT2D eigenvalue weighted by Crippen LogP contribution is 2.30. The molecule has 0 saturated carbocycles. The molecule has 1 N–H and O–H groups in total. The van der Waals surface area contributed by atoms with E-state index in [9.17, 15) is 14.0 Å². The molecule has 4 heterocycles. The minimum absolute atomic E-state index is 0.231. The van der Waals surface area contributed by atoms with Crippen molar-refractivity contribution in [3.8, 4) is 5.69 Å². The summed E-state index contributed by atoms with van der Waals surface area (Å²) in [6, 6.07) is 22.6. The number of carbonyl (C=O) groups is 2. The van der Waals surface area contributed by atoms with Gasteiger partial charge in [0, 0.05) is 22.7 Å². The molecule has 0 aliphatic heterocycles. The van der Waals surface area contributed by atoms with E-state index in [4.69, 9.17) is 0 Å². The number of hydrazone groups is 1. The van der Waals surface area contributed by atoms with Crippen molar-refractivity contribution in [3.05, 3.63) is 124 Å². The third-order valence-corrected chi connectivity index (χ3v) is 7.70. The van der Waals surface area contributed by atoms with Crippen LogP contribution in [0.3, 0.4) is 0 Å². The Kier molecular flexibility index (Phi) is 6.12. The molecule has 6 rings (SSSR count). The fourth-order valence-electron chi connectivity index (χ4n) is 4.65. The van der Waals surface area contributed by atoms with Crippen LogP contribution in [0, 0.1) is 19.7 Å². The SMILES string of the molecule is Cc1c(/C=N\NC(=O)c2cc3c(C)nn(-c4ccccc4)c3s2)c2ccccn2c1C(=O)c1ccc(F)cc1. The number of halogens is 1. The van der Waals surface area contributed by atoms with E-state index in [0.717, 1.165) is 27.1 Å². The fourth-order valence-corrected chi connectivity index (χ4v) is 5.73. The molecular weight excluding hydrogens is 513 g/mol. The van der Waals surface area contributed by atoms with E-state index >= 15 is 0 Å². The highest BCUT2D eigenvalue weighted by molar-refractivity contribution is 7.20. The van der Waals surface area contributed by atoms with Crippen LogP contribution in [-0.2, 0) is 0 Å². The second-order valence-corrected chi connectivity index (χ2v) is 10.1. The Hall–Kier alpha value is -4.89. The van der Waals surface area contributed by atoms with E-state index in [-0.39, 0.29) is 11.7 Å². The zero-order valence-electron chi connectivity index (χ0n) is 21.1. The molecule has 0 bridgehead atoms. The number of hydrogen-bond acceptors (Lipinski definition) is 5. The summed E-state index contributed by atoms with van der Waals surface area (Å²) < 4.78 is 17.0. The van der Waals surface area contributed by atoms with Gasteiger partial charge in [0.05, 0.1) is 33.7 Å². The lowest BCUT2D eigenvalue weighted by molar-refractivity contribution is 0.0958. The maximum absolute atomic E-state index is 13.4. The molecule has 192 valence electrons. The minimum atomic E-state index is -0.405. The first kappa shape index (κ1) is 24.4. The van der Waals surface area contributed by atoms with Crippen molar-refractivity contribution in [2.24, 2.45) is 5.10 Å². The number of aryl methyl sites for hydroxylation is 1. The summed E-state index contributed by atoms with van der Waals surface area (Å²) in [6.07, 6.45) is 3.35. The molecule has 0 aliphatic rings. The number of carbonyl (C=O) groups excluding carboxylic acids is 2. The molecular formula is C30H22FN5O2S. The van der Waals surface area contributed by atoms with Crippen molar-refractivity contribution in [2.45, 2.75) is 13.8 Å². The summed E-state index contributed by atoms with van der Waals surface area (Å²) in [6.45, 7) is 3.75. The third-order valence-electron chi connectivity index (χ3n) is 6.59. The van der Waals surface area contributed by atoms with Crippen molar-refractivity contribution < 1.29 is 14.0 Å². The number of pyridine rings is 1. The van der Waals surface area contributed by atoms with Gasteiger partial charge in [0.2, 0.25) is 5.78 Å². The first-order valence-corrected chi connectivity index (χ1v) is 13.0. The Morgan fingerprint density at radius 3 is 2.51 bits per heavy atom. The van der Waals surface area contributed by atoms with Crippen molar-refractivity contribution in [1.29, 1.82) is 0 Å². The lowest BCUT2D eigenvalue weighted by Crippen LogP contribution is -2.16. The molecule has 6 aromatic rings. The van der Waals surface area contributed by atoms with Crippen molar-refractivity contribution in [2.75, 3.05) is 0 Å². The zero-order chi connectivity index (χ0) is 27.1. The number of para-hydroxylation sites is 1. The number of rotatable bonds is 6. The molecule has 0 saturated heterocycles. The molecule has 4 aromatic heterocycles. The van der Waals surface area contributed by atoms with Crippen LogP contribution in [0.25, 0.3) is 21.4 Å². The molecule has 7 nitrogen and oxygen atoms in total. The quantitative estimate of drug-likeness (QED) is 0.159. The lowest BCUT2D eigenvalue weighted by Gasteiger charge is -2.04. The largest absolute Gasteiger partial charge is 0.313 e. The van der Waals surface area contributed by atoms with Crippen LogP contribution in [0.1, 0.15) is 42.5 Å². The predicted molar refractivity (Wildman–Crippen MR) is 151 cm³/mol. The molecule has 0 radical (unpaired) electrons. The molecule has 0 unspecified atom stereocenters. The third kappa shape index (κ3) is 4.32. The molecule has 0 spiro atoms. The Morgan fingerprint density at radius 2 is 1.74 bits per heavy atom. The van der Waals surface area contributed by atoms with Crippen molar-refractivity contribution in [1.82, 2.24) is 19.6 Å². The van der Waals surface area contributed by atoms with Crippen molar-refractivity contribution in [3.63, 3.8) is 0 Å². The topological polar surface area (TPSA) is 80.8 Å². The number of thiophene rings is 1. The van der Waals surface area contributed by atoms with Crippen molar-refractivity contribution >= 4 is 45.0 Å². The number of ketones is 1. The van der Waals surface area contributed by atoms with E-state index in [1.54, 1.807) is 16.8 Å². The average Bonchev–Trinajstić information content (AvgIpc) is 3.61. The molecule has 9 heteroatoms. The molecule has 0 fully saturated rings. The van der Waals surface area contributed by atoms with Gasteiger partial charge in [-0.05, 0) is 74.0 Å². The number of nitrogens with one attached hydrogen (secondary N) is 1. The van der Waals surface area contributed by atoms with E-state index in [2.05, 4.69) is 15.6 Å². The average molecular weight is 536 g/mol. The summed E-state index contributed by atoms with van der Waals surface area (Å²) in [7, 11) is 0. The Morgan fingerprint density at radius 1 is 1.00 bits per heavy atom. The van der Waals surface area contributed by atoms with Crippen LogP contribution in [-0.4, -0.2) is 32.1 Å². The number of hydrogen-bond donors (Lipinski definition) is 1. The van der Waals surface area contributed by atoms with Crippen LogP contribution < -0.4 is 5.43 Å². The smallest absolute Gasteiger partial charge is 0.281 e. The van der Waals surface area contributed by atoms with Gasteiger partial charge in [-0.3, -0.25) is 9.59 Å². The zero-order valence-corrected chi connectivity index (χ0v) is 21.9. The molecule has 2 aromatic carbocycles. The van der Waals surface area contributed by atoms with Gasteiger partial charge in [-0.1, -0.05) is 24.3 Å². The maximum Gasteiger partial charge on any atom is 0.281 e. The summed E-state index contributed by atoms with van der Waals surface area (Å²) in [5, 5.41) is 9.76. The molecule has 0 atom stereocenters. The van der Waals surface area contributed by atoms with Crippen LogP contribution in [0.15, 0.2) is 90.2 Å². The second-order valence-electron chi connectivity index (χ2n) is 9.04. The Labute approximate surface area is 226 Å².